The summed E-state index contributed by atoms with van der Waals surface area (Å²) in [7, 11) is 0. The molecule has 1 aromatic heterocycles. The number of carbonyl (C=O) groups excluding carboxylic acids is 2. The third-order valence-electron chi connectivity index (χ3n) is 6.19. The number of aryl methyl sites for hydroxylation is 1. The van der Waals surface area contributed by atoms with Crippen LogP contribution in [0.2, 0.25) is 0 Å². The number of nitrogens with zero attached hydrogens (tertiary/aromatic N) is 3. The number of nitrogens with two attached hydrogens (primary N) is 1. The molecule has 0 aliphatic carbocycles. The van der Waals surface area contributed by atoms with Gasteiger partial charge in [-0.25, -0.2) is 9.97 Å². The van der Waals surface area contributed by atoms with E-state index in [2.05, 4.69) is 41.4 Å². The Hall–Kier alpha value is -3.46. The van der Waals surface area contributed by atoms with Gasteiger partial charge >= 0.3 is 0 Å². The summed E-state index contributed by atoms with van der Waals surface area (Å²) in [4.78, 5) is 33.0. The number of hydrogen-bond acceptors (Lipinski definition) is 7. The molecule has 9 nitrogen and oxygen atoms in total. The van der Waals surface area contributed by atoms with Crippen LogP contribution in [-0.2, 0) is 9.59 Å². The summed E-state index contributed by atoms with van der Waals surface area (Å²) < 4.78 is 0. The van der Waals surface area contributed by atoms with E-state index in [1.807, 2.05) is 98.4 Å². The van der Waals surface area contributed by atoms with Gasteiger partial charge in [-0.2, -0.15) is 0 Å². The Bertz CT molecular complexity index is 1010. The van der Waals surface area contributed by atoms with Crippen molar-refractivity contribution in [2.45, 2.75) is 121 Å². The lowest BCUT2D eigenvalue weighted by atomic mass is 10.0. The molecule has 9 heteroatoms. The SMILES string of the molecule is C/C(N)=C/NC(C(=O)N1CCCC1C)C(C)C.CC.CC.CC.CC.Cc1cncnc1-c1ccc(C(CO)NC=O)cc1. The molecule has 2 amide bonds. The first-order valence-corrected chi connectivity index (χ1v) is 16.4. The number of amides is 2. The van der Waals surface area contributed by atoms with Crippen LogP contribution in [0.4, 0.5) is 0 Å². The van der Waals surface area contributed by atoms with Crippen LogP contribution in [-0.4, -0.2) is 57.5 Å². The van der Waals surface area contributed by atoms with Gasteiger partial charge in [0.15, 0.2) is 0 Å². The van der Waals surface area contributed by atoms with E-state index in [-0.39, 0.29) is 30.5 Å². The molecule has 0 bridgehead atoms. The van der Waals surface area contributed by atoms with Crippen LogP contribution in [0.15, 0.2) is 48.7 Å². The Balaban J connectivity index is -0.000000625. The monoisotopic (exact) mass is 617 g/mol. The minimum absolute atomic E-state index is 0.134. The molecule has 1 saturated heterocycles. The smallest absolute Gasteiger partial charge is 0.245 e. The van der Waals surface area contributed by atoms with Gasteiger partial charge in [-0.1, -0.05) is 93.5 Å². The quantitative estimate of drug-likeness (QED) is 0.229. The molecule has 0 spiro atoms. The molecule has 1 aliphatic rings. The summed E-state index contributed by atoms with van der Waals surface area (Å²) in [5, 5.41) is 14.9. The number of aliphatic hydroxyl groups is 1. The van der Waals surface area contributed by atoms with E-state index < -0.39 is 0 Å². The first kappa shape index (κ1) is 45.0. The molecule has 1 fully saturated rings. The Morgan fingerprint density at radius 1 is 1.07 bits per heavy atom. The van der Waals surface area contributed by atoms with E-state index in [1.165, 1.54) is 6.33 Å². The predicted octanol–water partition coefficient (Wildman–Crippen LogP) is 6.77. The molecule has 3 rings (SSSR count). The second kappa shape index (κ2) is 28.3. The van der Waals surface area contributed by atoms with E-state index in [0.29, 0.717) is 18.1 Å². The highest BCUT2D eigenvalue weighted by atomic mass is 16.3. The van der Waals surface area contributed by atoms with Crippen molar-refractivity contribution in [1.82, 2.24) is 25.5 Å². The number of aliphatic hydroxyl groups excluding tert-OH is 1. The summed E-state index contributed by atoms with van der Waals surface area (Å²) in [5.41, 5.74) is 10.00. The molecule has 2 aromatic rings. The Morgan fingerprint density at radius 3 is 2.05 bits per heavy atom. The van der Waals surface area contributed by atoms with Crippen molar-refractivity contribution in [2.24, 2.45) is 11.7 Å². The van der Waals surface area contributed by atoms with Gasteiger partial charge in [-0.3, -0.25) is 9.59 Å². The number of rotatable bonds is 9. The second-order valence-corrected chi connectivity index (χ2v) is 9.50. The zero-order valence-electron chi connectivity index (χ0n) is 29.9. The lowest BCUT2D eigenvalue weighted by Crippen LogP contribution is -2.49. The fraction of sp³-hybridized carbons (Fsp3) is 0.600. The predicted molar refractivity (Wildman–Crippen MR) is 187 cm³/mol. The summed E-state index contributed by atoms with van der Waals surface area (Å²) in [5.74, 6) is 0.452. The fourth-order valence-electron chi connectivity index (χ4n) is 4.12. The van der Waals surface area contributed by atoms with Gasteiger partial charge in [-0.05, 0) is 50.7 Å². The minimum atomic E-state index is -0.377. The summed E-state index contributed by atoms with van der Waals surface area (Å²) in [6.45, 7) is 26.7. The highest BCUT2D eigenvalue weighted by Gasteiger charge is 2.31. The van der Waals surface area contributed by atoms with E-state index in [1.54, 1.807) is 12.4 Å². The van der Waals surface area contributed by atoms with Gasteiger partial charge < -0.3 is 26.4 Å². The number of allylic oxidation sites excluding steroid dienone is 1. The Labute approximate surface area is 269 Å². The van der Waals surface area contributed by atoms with Crippen molar-refractivity contribution < 1.29 is 14.7 Å². The lowest BCUT2D eigenvalue weighted by Gasteiger charge is -2.29. The number of hydrogen-bond donors (Lipinski definition) is 4. The fourth-order valence-corrected chi connectivity index (χ4v) is 4.12. The number of likely N-dealkylation sites (tertiary alicyclic amines) is 1. The van der Waals surface area contributed by atoms with Crippen molar-refractivity contribution >= 4 is 12.3 Å². The molecule has 252 valence electrons. The second-order valence-electron chi connectivity index (χ2n) is 9.50. The molecular weight excluding hydrogens is 552 g/mol. The summed E-state index contributed by atoms with van der Waals surface area (Å²) >= 11 is 0. The van der Waals surface area contributed by atoms with Crippen LogP contribution in [0.3, 0.4) is 0 Å². The molecule has 1 aliphatic heterocycles. The molecule has 1 aromatic carbocycles. The van der Waals surface area contributed by atoms with Crippen LogP contribution < -0.4 is 16.4 Å². The van der Waals surface area contributed by atoms with Crippen LogP contribution in [0.25, 0.3) is 11.3 Å². The molecule has 0 radical (unpaired) electrons. The normalized spacial score (nSPS) is 14.6. The number of benzene rings is 1. The molecule has 5 N–H and O–H groups in total. The van der Waals surface area contributed by atoms with Crippen molar-refractivity contribution in [1.29, 1.82) is 0 Å². The lowest BCUT2D eigenvalue weighted by molar-refractivity contribution is -0.134. The highest BCUT2D eigenvalue weighted by Crippen LogP contribution is 2.22. The molecule has 2 heterocycles. The number of aromatic nitrogens is 2. The van der Waals surface area contributed by atoms with Crippen molar-refractivity contribution in [3.8, 4) is 11.3 Å². The van der Waals surface area contributed by atoms with Crippen LogP contribution >= 0.6 is 0 Å². The minimum Gasteiger partial charge on any atom is -0.401 e. The first-order valence-electron chi connectivity index (χ1n) is 16.4. The van der Waals surface area contributed by atoms with Gasteiger partial charge in [0.25, 0.3) is 0 Å². The molecule has 44 heavy (non-hydrogen) atoms. The largest absolute Gasteiger partial charge is 0.401 e. The zero-order valence-corrected chi connectivity index (χ0v) is 29.9. The molecular formula is C35H64N6O3. The Kier molecular flexibility index (Phi) is 28.9. The summed E-state index contributed by atoms with van der Waals surface area (Å²) in [6, 6.07) is 7.39. The van der Waals surface area contributed by atoms with Crippen LogP contribution in [0.5, 0.6) is 0 Å². The molecule has 0 saturated carbocycles. The standard InChI is InChI=1S/C14H15N3O2.C13H25N3O.4C2H6/c1-10-6-15-8-16-14(10)12-4-2-11(3-5-12)13(7-18)17-9-19;1-9(2)12(15-8-10(3)14)13(17)16-7-5-6-11(16)4;4*1-2/h2-6,8-9,13,18H,7H2,1H3,(H,17,19);8-9,11-12,15H,5-7,14H2,1-4H3;4*1-2H3/b;10-8-;;;;. The van der Waals surface area contributed by atoms with Crippen LogP contribution in [0.1, 0.15) is 113 Å². The Morgan fingerprint density at radius 2 is 1.64 bits per heavy atom. The van der Waals surface area contributed by atoms with E-state index in [4.69, 9.17) is 5.73 Å². The number of nitrogens with one attached hydrogen (secondary N) is 2. The van der Waals surface area contributed by atoms with Crippen LogP contribution in [0, 0.1) is 12.8 Å². The third kappa shape index (κ3) is 16.4. The highest BCUT2D eigenvalue weighted by molar-refractivity contribution is 5.82. The van der Waals surface area contributed by atoms with Gasteiger partial charge in [0.1, 0.15) is 12.4 Å². The van der Waals surface area contributed by atoms with E-state index in [9.17, 15) is 14.7 Å². The van der Waals surface area contributed by atoms with Gasteiger partial charge in [0.2, 0.25) is 12.3 Å². The van der Waals surface area contributed by atoms with Gasteiger partial charge in [0.05, 0.1) is 18.3 Å². The van der Waals surface area contributed by atoms with E-state index >= 15 is 0 Å². The maximum Gasteiger partial charge on any atom is 0.245 e. The third-order valence-corrected chi connectivity index (χ3v) is 6.19. The van der Waals surface area contributed by atoms with Crippen molar-refractivity contribution in [3.05, 3.63) is 59.8 Å². The topological polar surface area (TPSA) is 133 Å². The van der Waals surface area contributed by atoms with Crippen molar-refractivity contribution in [3.63, 3.8) is 0 Å². The molecule has 3 atom stereocenters. The van der Waals surface area contributed by atoms with Gasteiger partial charge in [0, 0.05) is 36.2 Å². The maximum atomic E-state index is 12.4. The zero-order chi connectivity index (χ0) is 34.7. The van der Waals surface area contributed by atoms with Gasteiger partial charge in [-0.15, -0.1) is 0 Å². The first-order chi connectivity index (χ1) is 21.2. The van der Waals surface area contributed by atoms with E-state index in [0.717, 1.165) is 41.8 Å². The summed E-state index contributed by atoms with van der Waals surface area (Å²) in [6.07, 6.45) is 7.82. The molecule has 3 unspecified atom stereocenters. The maximum absolute atomic E-state index is 12.4. The number of carbonyl (C=O) groups is 2. The average Bonchev–Trinajstić information content (AvgIpc) is 3.50. The average molecular weight is 617 g/mol. The van der Waals surface area contributed by atoms with Crippen molar-refractivity contribution in [2.75, 3.05) is 13.2 Å².